The third-order valence-electron chi connectivity index (χ3n) is 3.67. The summed E-state index contributed by atoms with van der Waals surface area (Å²) in [4.78, 5) is 0. The third kappa shape index (κ3) is 9.77. The first-order chi connectivity index (χ1) is 9.59. The molecule has 1 rings (SSSR count). The van der Waals surface area contributed by atoms with Gasteiger partial charge >= 0.3 is 0 Å². The van der Waals surface area contributed by atoms with Crippen LogP contribution < -0.4 is 0 Å². The summed E-state index contributed by atoms with van der Waals surface area (Å²) in [5.74, 6) is 1.67. The van der Waals surface area contributed by atoms with Crippen LogP contribution in [0.3, 0.4) is 0 Å². The summed E-state index contributed by atoms with van der Waals surface area (Å²) in [5, 5.41) is 0. The molecule has 0 heterocycles. The standard InChI is InChI=1S/C14H28O2.2C2H6/c1-5-6-13-9-12(2)10-14(3,11-13)16-8-7-15-4;2*1-2/h12-13H,5-11H2,1-4H3;2*1-2H3. The summed E-state index contributed by atoms with van der Waals surface area (Å²) in [7, 11) is 1.73. The summed E-state index contributed by atoms with van der Waals surface area (Å²) in [6.07, 6.45) is 6.47. The lowest BCUT2D eigenvalue weighted by molar-refractivity contribution is -0.0948. The van der Waals surface area contributed by atoms with Crippen molar-refractivity contribution < 1.29 is 9.47 Å². The maximum Gasteiger partial charge on any atom is 0.0707 e. The van der Waals surface area contributed by atoms with Gasteiger partial charge in [0.1, 0.15) is 0 Å². The number of rotatable bonds is 6. The van der Waals surface area contributed by atoms with Gasteiger partial charge in [0.25, 0.3) is 0 Å². The molecule has 20 heavy (non-hydrogen) atoms. The van der Waals surface area contributed by atoms with E-state index < -0.39 is 0 Å². The first-order valence-electron chi connectivity index (χ1n) is 8.72. The van der Waals surface area contributed by atoms with E-state index in [2.05, 4.69) is 20.8 Å². The molecule has 2 nitrogen and oxygen atoms in total. The zero-order chi connectivity index (χ0) is 16.0. The van der Waals surface area contributed by atoms with E-state index in [1.165, 1.54) is 32.1 Å². The molecule has 3 atom stereocenters. The van der Waals surface area contributed by atoms with E-state index in [-0.39, 0.29) is 5.60 Å². The van der Waals surface area contributed by atoms with E-state index in [9.17, 15) is 0 Å². The van der Waals surface area contributed by atoms with Crippen LogP contribution in [-0.2, 0) is 9.47 Å². The van der Waals surface area contributed by atoms with E-state index in [1.54, 1.807) is 7.11 Å². The fourth-order valence-electron chi connectivity index (χ4n) is 3.28. The Hall–Kier alpha value is -0.0800. The Morgan fingerprint density at radius 2 is 1.65 bits per heavy atom. The van der Waals surface area contributed by atoms with Crippen LogP contribution in [0.15, 0.2) is 0 Å². The number of hydrogen-bond donors (Lipinski definition) is 0. The quantitative estimate of drug-likeness (QED) is 0.584. The van der Waals surface area contributed by atoms with Gasteiger partial charge in [-0.1, -0.05) is 54.4 Å². The lowest BCUT2D eigenvalue weighted by Gasteiger charge is -2.41. The number of ether oxygens (including phenoxy) is 2. The lowest BCUT2D eigenvalue weighted by atomic mass is 9.72. The molecule has 0 saturated heterocycles. The molecule has 0 aliphatic heterocycles. The van der Waals surface area contributed by atoms with Crippen LogP contribution in [0.5, 0.6) is 0 Å². The highest BCUT2D eigenvalue weighted by atomic mass is 16.5. The molecule has 0 radical (unpaired) electrons. The van der Waals surface area contributed by atoms with E-state index >= 15 is 0 Å². The third-order valence-corrected chi connectivity index (χ3v) is 3.67. The SMILES string of the molecule is CC.CC.CCCC1CC(C)CC(C)(OCCOC)C1. The van der Waals surface area contributed by atoms with Gasteiger partial charge < -0.3 is 9.47 Å². The van der Waals surface area contributed by atoms with Crippen LogP contribution in [0, 0.1) is 11.8 Å². The second-order valence-electron chi connectivity index (χ2n) is 5.69. The summed E-state index contributed by atoms with van der Waals surface area (Å²) in [5.41, 5.74) is 0.0933. The normalized spacial score (nSPS) is 28.8. The van der Waals surface area contributed by atoms with Crippen molar-refractivity contribution in [2.75, 3.05) is 20.3 Å². The minimum absolute atomic E-state index is 0.0933. The molecule has 124 valence electrons. The van der Waals surface area contributed by atoms with Gasteiger partial charge in [-0.05, 0) is 38.0 Å². The van der Waals surface area contributed by atoms with Gasteiger partial charge in [-0.2, -0.15) is 0 Å². The molecule has 3 unspecified atom stereocenters. The second kappa shape index (κ2) is 13.9. The summed E-state index contributed by atoms with van der Waals surface area (Å²) >= 11 is 0. The van der Waals surface area contributed by atoms with Crippen LogP contribution in [-0.4, -0.2) is 25.9 Å². The Morgan fingerprint density at radius 1 is 1.05 bits per heavy atom. The largest absolute Gasteiger partial charge is 0.382 e. The summed E-state index contributed by atoms with van der Waals surface area (Å²) in [6.45, 7) is 16.4. The minimum Gasteiger partial charge on any atom is -0.382 e. The molecule has 0 N–H and O–H groups in total. The van der Waals surface area contributed by atoms with Crippen molar-refractivity contribution in [3.05, 3.63) is 0 Å². The van der Waals surface area contributed by atoms with Crippen molar-refractivity contribution in [2.24, 2.45) is 11.8 Å². The van der Waals surface area contributed by atoms with Crippen molar-refractivity contribution >= 4 is 0 Å². The first-order valence-corrected chi connectivity index (χ1v) is 8.72. The van der Waals surface area contributed by atoms with Gasteiger partial charge in [0, 0.05) is 7.11 Å². The minimum atomic E-state index is 0.0933. The molecule has 0 amide bonds. The molecule has 0 aromatic heterocycles. The Labute approximate surface area is 128 Å². The van der Waals surface area contributed by atoms with Crippen molar-refractivity contribution in [1.29, 1.82) is 0 Å². The van der Waals surface area contributed by atoms with Gasteiger partial charge in [-0.3, -0.25) is 0 Å². The highest BCUT2D eigenvalue weighted by Crippen LogP contribution is 2.40. The average Bonchev–Trinajstić information content (AvgIpc) is 2.43. The zero-order valence-corrected chi connectivity index (χ0v) is 15.4. The molecule has 2 heteroatoms. The molecule has 0 bridgehead atoms. The fraction of sp³-hybridized carbons (Fsp3) is 1.00. The molecule has 1 saturated carbocycles. The highest BCUT2D eigenvalue weighted by molar-refractivity contribution is 4.87. The van der Waals surface area contributed by atoms with Gasteiger partial charge in [0.15, 0.2) is 0 Å². The van der Waals surface area contributed by atoms with Crippen LogP contribution in [0.25, 0.3) is 0 Å². The monoisotopic (exact) mass is 288 g/mol. The smallest absolute Gasteiger partial charge is 0.0707 e. The topological polar surface area (TPSA) is 18.5 Å². The van der Waals surface area contributed by atoms with Gasteiger partial charge in [-0.25, -0.2) is 0 Å². The van der Waals surface area contributed by atoms with Gasteiger partial charge in [-0.15, -0.1) is 0 Å². The second-order valence-corrected chi connectivity index (χ2v) is 5.69. The number of hydrogen-bond acceptors (Lipinski definition) is 2. The van der Waals surface area contributed by atoms with E-state index in [1.807, 2.05) is 27.7 Å². The van der Waals surface area contributed by atoms with E-state index in [0.29, 0.717) is 6.61 Å². The molecule has 1 fully saturated rings. The highest BCUT2D eigenvalue weighted by Gasteiger charge is 2.35. The van der Waals surface area contributed by atoms with Gasteiger partial charge in [0.05, 0.1) is 18.8 Å². The lowest BCUT2D eigenvalue weighted by Crippen LogP contribution is -2.39. The molecular formula is C18H40O2. The summed E-state index contributed by atoms with van der Waals surface area (Å²) in [6, 6.07) is 0. The van der Waals surface area contributed by atoms with Crippen molar-refractivity contribution in [3.63, 3.8) is 0 Å². The number of methoxy groups -OCH3 is 1. The average molecular weight is 289 g/mol. The molecule has 1 aliphatic carbocycles. The Bertz CT molecular complexity index is 194. The van der Waals surface area contributed by atoms with Crippen molar-refractivity contribution in [3.8, 4) is 0 Å². The Morgan fingerprint density at radius 3 is 2.15 bits per heavy atom. The molecule has 0 spiro atoms. The van der Waals surface area contributed by atoms with E-state index in [0.717, 1.165) is 18.4 Å². The van der Waals surface area contributed by atoms with Crippen molar-refractivity contribution in [1.82, 2.24) is 0 Å². The van der Waals surface area contributed by atoms with Crippen LogP contribution in [0.1, 0.15) is 80.6 Å². The molecular weight excluding hydrogens is 248 g/mol. The van der Waals surface area contributed by atoms with Crippen LogP contribution in [0.4, 0.5) is 0 Å². The zero-order valence-electron chi connectivity index (χ0n) is 15.4. The van der Waals surface area contributed by atoms with E-state index in [4.69, 9.17) is 9.47 Å². The van der Waals surface area contributed by atoms with Crippen LogP contribution in [0.2, 0.25) is 0 Å². The van der Waals surface area contributed by atoms with Gasteiger partial charge in [0.2, 0.25) is 0 Å². The summed E-state index contributed by atoms with van der Waals surface area (Å²) < 4.78 is 11.1. The Balaban J connectivity index is 0. The molecule has 0 aromatic carbocycles. The predicted octanol–water partition coefficient (Wildman–Crippen LogP) is 5.70. The first kappa shape index (κ1) is 22.2. The maximum atomic E-state index is 6.03. The van der Waals surface area contributed by atoms with Crippen molar-refractivity contribution in [2.45, 2.75) is 86.2 Å². The maximum absolute atomic E-state index is 6.03. The predicted molar refractivity (Wildman–Crippen MR) is 90.3 cm³/mol. The fourth-order valence-corrected chi connectivity index (χ4v) is 3.28. The van der Waals surface area contributed by atoms with Crippen LogP contribution >= 0.6 is 0 Å². The Kier molecular flexibility index (Phi) is 15.4. The molecule has 1 aliphatic rings. The molecule has 0 aromatic rings.